The molecule has 5 heteroatoms. The summed E-state index contributed by atoms with van der Waals surface area (Å²) < 4.78 is 6.69. The molecule has 0 fully saturated rings. The summed E-state index contributed by atoms with van der Waals surface area (Å²) in [6.07, 6.45) is 0. The molecule has 1 heterocycles. The number of ether oxygens (including phenoxy) is 1. The van der Waals surface area contributed by atoms with Gasteiger partial charge < -0.3 is 10.5 Å². The van der Waals surface area contributed by atoms with Crippen LogP contribution in [0.3, 0.4) is 0 Å². The quantitative estimate of drug-likeness (QED) is 0.933. The van der Waals surface area contributed by atoms with Gasteiger partial charge in [-0.15, -0.1) is 0 Å². The first kappa shape index (κ1) is 15.3. The molecule has 1 unspecified atom stereocenters. The number of hydrogen-bond acceptors (Lipinski definition) is 4. The second-order valence-corrected chi connectivity index (χ2v) is 5.07. The number of methoxy groups -OCH3 is 1. The topological polar surface area (TPSA) is 70.1 Å². The van der Waals surface area contributed by atoms with E-state index in [9.17, 15) is 4.79 Å². The Kier molecular flexibility index (Phi) is 4.43. The minimum absolute atomic E-state index is 0.135. The van der Waals surface area contributed by atoms with Crippen molar-refractivity contribution in [1.29, 1.82) is 0 Å². The molecule has 2 N–H and O–H groups in total. The van der Waals surface area contributed by atoms with Crippen LogP contribution in [0.2, 0.25) is 0 Å². The fourth-order valence-electron chi connectivity index (χ4n) is 2.41. The van der Waals surface area contributed by atoms with Gasteiger partial charge in [0.1, 0.15) is 5.75 Å². The van der Waals surface area contributed by atoms with Gasteiger partial charge in [-0.1, -0.05) is 12.1 Å². The van der Waals surface area contributed by atoms with Crippen molar-refractivity contribution < 1.29 is 4.74 Å². The summed E-state index contributed by atoms with van der Waals surface area (Å²) >= 11 is 0. The molecular formula is C16H21N3O2. The molecule has 0 radical (unpaired) electrons. The van der Waals surface area contributed by atoms with E-state index in [1.54, 1.807) is 13.2 Å². The van der Waals surface area contributed by atoms with Crippen LogP contribution in [0, 0.1) is 13.8 Å². The van der Waals surface area contributed by atoms with Gasteiger partial charge in [0.05, 0.1) is 18.8 Å². The van der Waals surface area contributed by atoms with E-state index in [1.165, 1.54) is 4.68 Å². The lowest BCUT2D eigenvalue weighted by atomic mass is 9.98. The zero-order valence-electron chi connectivity index (χ0n) is 12.9. The highest BCUT2D eigenvalue weighted by Crippen LogP contribution is 2.24. The summed E-state index contributed by atoms with van der Waals surface area (Å²) in [4.78, 5) is 12.4. The van der Waals surface area contributed by atoms with Crippen molar-refractivity contribution in [2.75, 3.05) is 7.11 Å². The van der Waals surface area contributed by atoms with Crippen molar-refractivity contribution >= 4 is 0 Å². The van der Waals surface area contributed by atoms with Gasteiger partial charge in [-0.2, -0.15) is 5.10 Å². The molecule has 5 nitrogen and oxygen atoms in total. The van der Waals surface area contributed by atoms with Crippen molar-refractivity contribution in [1.82, 2.24) is 9.78 Å². The molecule has 0 amide bonds. The van der Waals surface area contributed by atoms with Crippen LogP contribution < -0.4 is 16.0 Å². The lowest BCUT2D eigenvalue weighted by Crippen LogP contribution is -2.30. The first-order valence-corrected chi connectivity index (χ1v) is 6.96. The largest absolute Gasteiger partial charge is 0.496 e. The molecule has 0 saturated carbocycles. The number of rotatable bonds is 4. The minimum Gasteiger partial charge on any atom is -0.496 e. The molecule has 21 heavy (non-hydrogen) atoms. The second-order valence-electron chi connectivity index (χ2n) is 5.07. The zero-order chi connectivity index (χ0) is 15.6. The smallest absolute Gasteiger partial charge is 0.271 e. The van der Waals surface area contributed by atoms with Crippen LogP contribution in [0.5, 0.6) is 5.75 Å². The molecule has 2 aromatic rings. The van der Waals surface area contributed by atoms with Crippen molar-refractivity contribution in [2.45, 2.75) is 33.4 Å². The number of aryl methyl sites for hydroxylation is 3. The van der Waals surface area contributed by atoms with Gasteiger partial charge >= 0.3 is 0 Å². The van der Waals surface area contributed by atoms with E-state index in [1.807, 2.05) is 39.0 Å². The molecule has 0 saturated heterocycles. The lowest BCUT2D eigenvalue weighted by Gasteiger charge is -2.15. The molecule has 1 atom stereocenters. The highest BCUT2D eigenvalue weighted by atomic mass is 16.5. The Morgan fingerprint density at radius 2 is 2.05 bits per heavy atom. The SMILES string of the molecule is CCn1nc(C)cc(C(N)c2ccc(OC)c(C)c2)c1=O. The fraction of sp³-hybridized carbons (Fsp3) is 0.375. The third kappa shape index (κ3) is 2.97. The maximum absolute atomic E-state index is 12.4. The van der Waals surface area contributed by atoms with Crippen LogP contribution in [-0.4, -0.2) is 16.9 Å². The molecule has 112 valence electrons. The number of aromatic nitrogens is 2. The number of nitrogens with two attached hydrogens (primary N) is 1. The summed E-state index contributed by atoms with van der Waals surface area (Å²) in [6.45, 7) is 6.24. The first-order chi connectivity index (χ1) is 9.97. The highest BCUT2D eigenvalue weighted by molar-refractivity contribution is 5.40. The Balaban J connectivity index is 2.49. The van der Waals surface area contributed by atoms with Gasteiger partial charge in [0.15, 0.2) is 0 Å². The summed E-state index contributed by atoms with van der Waals surface area (Å²) in [7, 11) is 1.63. The van der Waals surface area contributed by atoms with Gasteiger partial charge in [-0.3, -0.25) is 4.79 Å². The molecule has 2 rings (SSSR count). The predicted molar refractivity (Wildman–Crippen MR) is 82.7 cm³/mol. The number of nitrogens with zero attached hydrogens (tertiary/aromatic N) is 2. The molecule has 0 spiro atoms. The van der Waals surface area contributed by atoms with Crippen molar-refractivity contribution in [3.05, 3.63) is 57.0 Å². The Hall–Kier alpha value is -2.14. The Morgan fingerprint density at radius 1 is 1.33 bits per heavy atom. The van der Waals surface area contributed by atoms with Gasteiger partial charge in [-0.25, -0.2) is 4.68 Å². The molecular weight excluding hydrogens is 266 g/mol. The van der Waals surface area contributed by atoms with Crippen LogP contribution in [0.1, 0.15) is 35.3 Å². The Morgan fingerprint density at radius 3 is 2.62 bits per heavy atom. The first-order valence-electron chi connectivity index (χ1n) is 6.96. The lowest BCUT2D eigenvalue weighted by molar-refractivity contribution is 0.411. The monoisotopic (exact) mass is 287 g/mol. The van der Waals surface area contributed by atoms with Gasteiger partial charge in [0, 0.05) is 12.1 Å². The van der Waals surface area contributed by atoms with E-state index in [4.69, 9.17) is 10.5 Å². The number of benzene rings is 1. The second kappa shape index (κ2) is 6.10. The van der Waals surface area contributed by atoms with Crippen molar-refractivity contribution in [2.24, 2.45) is 5.73 Å². The molecule has 0 aliphatic rings. The molecule has 0 aliphatic carbocycles. The molecule has 1 aromatic heterocycles. The summed E-state index contributed by atoms with van der Waals surface area (Å²) in [6, 6.07) is 7.01. The number of hydrogen-bond donors (Lipinski definition) is 1. The standard InChI is InChI=1S/C16H21N3O2/c1-5-19-16(20)13(9-11(3)18-19)15(17)12-6-7-14(21-4)10(2)8-12/h6-9,15H,5,17H2,1-4H3. The van der Waals surface area contributed by atoms with Crippen LogP contribution in [0.4, 0.5) is 0 Å². The van der Waals surface area contributed by atoms with Crippen LogP contribution >= 0.6 is 0 Å². The third-order valence-electron chi connectivity index (χ3n) is 3.54. The molecule has 0 bridgehead atoms. The van der Waals surface area contributed by atoms with Gasteiger partial charge in [0.2, 0.25) is 0 Å². The van der Waals surface area contributed by atoms with E-state index < -0.39 is 6.04 Å². The van der Waals surface area contributed by atoms with E-state index in [2.05, 4.69) is 5.10 Å². The van der Waals surface area contributed by atoms with Crippen LogP contribution in [0.25, 0.3) is 0 Å². The van der Waals surface area contributed by atoms with E-state index in [-0.39, 0.29) is 5.56 Å². The van der Waals surface area contributed by atoms with Gasteiger partial charge in [-0.05, 0) is 44.0 Å². The summed E-state index contributed by atoms with van der Waals surface area (Å²) in [5.74, 6) is 0.808. The van der Waals surface area contributed by atoms with E-state index in [0.29, 0.717) is 12.1 Å². The zero-order valence-corrected chi connectivity index (χ0v) is 12.9. The minimum atomic E-state index is -0.471. The fourth-order valence-corrected chi connectivity index (χ4v) is 2.41. The van der Waals surface area contributed by atoms with Crippen LogP contribution in [-0.2, 0) is 6.54 Å². The van der Waals surface area contributed by atoms with Gasteiger partial charge in [0.25, 0.3) is 5.56 Å². The van der Waals surface area contributed by atoms with Crippen molar-refractivity contribution in [3.8, 4) is 5.75 Å². The van der Waals surface area contributed by atoms with Crippen molar-refractivity contribution in [3.63, 3.8) is 0 Å². The molecule has 1 aromatic carbocycles. The van der Waals surface area contributed by atoms with E-state index >= 15 is 0 Å². The molecule has 0 aliphatic heterocycles. The van der Waals surface area contributed by atoms with Crippen LogP contribution in [0.15, 0.2) is 29.1 Å². The summed E-state index contributed by atoms with van der Waals surface area (Å²) in [5.41, 5.74) is 9.38. The Labute approximate surface area is 124 Å². The summed E-state index contributed by atoms with van der Waals surface area (Å²) in [5, 5.41) is 4.20. The maximum Gasteiger partial charge on any atom is 0.271 e. The maximum atomic E-state index is 12.4. The third-order valence-corrected chi connectivity index (χ3v) is 3.54. The average molecular weight is 287 g/mol. The Bertz CT molecular complexity index is 707. The average Bonchev–Trinajstić information content (AvgIpc) is 2.48. The predicted octanol–water partition coefficient (Wildman–Crippen LogP) is 1.94. The van der Waals surface area contributed by atoms with E-state index in [0.717, 1.165) is 22.6 Å². The highest BCUT2D eigenvalue weighted by Gasteiger charge is 2.16. The normalized spacial score (nSPS) is 12.2.